The molecule has 2 atom stereocenters. The summed E-state index contributed by atoms with van der Waals surface area (Å²) in [4.78, 5) is 23.8. The molecular formula is C20H22O5. The van der Waals surface area contributed by atoms with Gasteiger partial charge in [-0.25, -0.2) is 9.59 Å². The SMILES string of the molecule is C[C@H](COC(=O)c1ccccc1)OC[C@@H](C)OC(=O)c1ccccc1. The van der Waals surface area contributed by atoms with Crippen molar-refractivity contribution in [2.75, 3.05) is 13.2 Å². The van der Waals surface area contributed by atoms with Crippen molar-refractivity contribution in [3.63, 3.8) is 0 Å². The Hall–Kier alpha value is -2.66. The van der Waals surface area contributed by atoms with Gasteiger partial charge >= 0.3 is 11.9 Å². The molecule has 0 heterocycles. The first-order chi connectivity index (χ1) is 12.1. The Balaban J connectivity index is 1.68. The molecule has 0 aliphatic rings. The predicted molar refractivity (Wildman–Crippen MR) is 93.5 cm³/mol. The Kier molecular flexibility index (Phi) is 7.16. The van der Waals surface area contributed by atoms with E-state index in [-0.39, 0.29) is 31.3 Å². The highest BCUT2D eigenvalue weighted by Crippen LogP contribution is 2.06. The highest BCUT2D eigenvalue weighted by molar-refractivity contribution is 5.89. The van der Waals surface area contributed by atoms with E-state index in [1.165, 1.54) is 0 Å². The lowest BCUT2D eigenvalue weighted by atomic mass is 10.2. The molecule has 0 saturated heterocycles. The van der Waals surface area contributed by atoms with Gasteiger partial charge in [-0.1, -0.05) is 36.4 Å². The van der Waals surface area contributed by atoms with E-state index >= 15 is 0 Å². The molecule has 0 aliphatic carbocycles. The quantitative estimate of drug-likeness (QED) is 0.687. The lowest BCUT2D eigenvalue weighted by Crippen LogP contribution is -2.26. The second kappa shape index (κ2) is 9.59. The standard InChI is InChI=1S/C20H22O5/c1-15(13-24-19(21)17-9-5-3-6-10-17)23-14-16(2)25-20(22)18-11-7-4-8-12-18/h3-12,15-16H,13-14H2,1-2H3/t15-,16-/m1/s1. The van der Waals surface area contributed by atoms with Crippen LogP contribution in [0.3, 0.4) is 0 Å². The predicted octanol–water partition coefficient (Wildman–Crippen LogP) is 3.49. The Morgan fingerprint density at radius 3 is 1.84 bits per heavy atom. The molecular weight excluding hydrogens is 320 g/mol. The third-order valence-corrected chi connectivity index (χ3v) is 3.39. The van der Waals surface area contributed by atoms with E-state index < -0.39 is 6.10 Å². The molecule has 0 unspecified atom stereocenters. The average molecular weight is 342 g/mol. The van der Waals surface area contributed by atoms with Gasteiger partial charge in [-0.15, -0.1) is 0 Å². The van der Waals surface area contributed by atoms with Gasteiger partial charge in [0.1, 0.15) is 12.7 Å². The highest BCUT2D eigenvalue weighted by Gasteiger charge is 2.14. The van der Waals surface area contributed by atoms with E-state index in [0.717, 1.165) is 0 Å². The normalized spacial score (nSPS) is 12.9. The Labute approximate surface area is 147 Å². The summed E-state index contributed by atoms with van der Waals surface area (Å²) in [6.45, 7) is 3.91. The zero-order valence-electron chi connectivity index (χ0n) is 14.4. The van der Waals surface area contributed by atoms with Crippen LogP contribution < -0.4 is 0 Å². The lowest BCUT2D eigenvalue weighted by Gasteiger charge is -2.17. The molecule has 2 rings (SSSR count). The zero-order valence-corrected chi connectivity index (χ0v) is 14.4. The summed E-state index contributed by atoms with van der Waals surface area (Å²) in [5.41, 5.74) is 0.999. The third kappa shape index (κ3) is 6.39. The van der Waals surface area contributed by atoms with Crippen molar-refractivity contribution in [2.45, 2.75) is 26.1 Å². The smallest absolute Gasteiger partial charge is 0.338 e. The summed E-state index contributed by atoms with van der Waals surface area (Å²) in [7, 11) is 0. The minimum atomic E-state index is -0.403. The van der Waals surface area contributed by atoms with Crippen LogP contribution in [-0.2, 0) is 14.2 Å². The molecule has 0 N–H and O–H groups in total. The highest BCUT2D eigenvalue weighted by atomic mass is 16.6. The van der Waals surface area contributed by atoms with Gasteiger partial charge in [0.2, 0.25) is 0 Å². The van der Waals surface area contributed by atoms with E-state index in [4.69, 9.17) is 14.2 Å². The molecule has 0 aliphatic heterocycles. The average Bonchev–Trinajstić information content (AvgIpc) is 2.65. The summed E-state index contributed by atoms with van der Waals surface area (Å²) in [6.07, 6.45) is -0.703. The molecule has 0 fully saturated rings. The van der Waals surface area contributed by atoms with Crippen molar-refractivity contribution in [3.8, 4) is 0 Å². The van der Waals surface area contributed by atoms with E-state index in [0.29, 0.717) is 11.1 Å². The maximum Gasteiger partial charge on any atom is 0.338 e. The van der Waals surface area contributed by atoms with Crippen molar-refractivity contribution >= 4 is 11.9 Å². The topological polar surface area (TPSA) is 61.8 Å². The van der Waals surface area contributed by atoms with E-state index in [9.17, 15) is 9.59 Å². The molecule has 0 saturated carbocycles. The molecule has 0 amide bonds. The monoisotopic (exact) mass is 342 g/mol. The third-order valence-electron chi connectivity index (χ3n) is 3.39. The number of benzene rings is 2. The van der Waals surface area contributed by atoms with Gasteiger partial charge < -0.3 is 14.2 Å². The Morgan fingerprint density at radius 1 is 0.760 bits per heavy atom. The maximum absolute atomic E-state index is 11.9. The second-order valence-electron chi connectivity index (χ2n) is 5.69. The minimum absolute atomic E-state index is 0.132. The molecule has 0 radical (unpaired) electrons. The molecule has 2 aromatic carbocycles. The second-order valence-corrected chi connectivity index (χ2v) is 5.69. The van der Waals surface area contributed by atoms with E-state index in [2.05, 4.69) is 0 Å². The van der Waals surface area contributed by atoms with Crippen molar-refractivity contribution in [2.24, 2.45) is 0 Å². The summed E-state index contributed by atoms with van der Waals surface area (Å²) in [6, 6.07) is 17.6. The number of hydrogen-bond donors (Lipinski definition) is 0. The van der Waals surface area contributed by atoms with E-state index in [1.807, 2.05) is 12.1 Å². The van der Waals surface area contributed by atoms with Crippen molar-refractivity contribution < 1.29 is 23.8 Å². The number of hydrogen-bond acceptors (Lipinski definition) is 5. The van der Waals surface area contributed by atoms with Gasteiger partial charge in [-0.05, 0) is 38.1 Å². The van der Waals surface area contributed by atoms with Gasteiger partial charge in [0, 0.05) is 0 Å². The van der Waals surface area contributed by atoms with Crippen LogP contribution in [0, 0.1) is 0 Å². The van der Waals surface area contributed by atoms with Crippen molar-refractivity contribution in [1.29, 1.82) is 0 Å². The van der Waals surface area contributed by atoms with Crippen LogP contribution in [0.15, 0.2) is 60.7 Å². The molecule has 0 bridgehead atoms. The first kappa shape index (κ1) is 18.7. The summed E-state index contributed by atoms with van der Waals surface area (Å²) >= 11 is 0. The van der Waals surface area contributed by atoms with E-state index in [1.54, 1.807) is 62.4 Å². The van der Waals surface area contributed by atoms with Crippen LogP contribution in [0.4, 0.5) is 0 Å². The van der Waals surface area contributed by atoms with Gasteiger partial charge in [-0.3, -0.25) is 0 Å². The van der Waals surface area contributed by atoms with Gasteiger partial charge in [0.25, 0.3) is 0 Å². The summed E-state index contributed by atoms with van der Waals surface area (Å²) in [5.74, 6) is -0.778. The molecule has 25 heavy (non-hydrogen) atoms. The fraction of sp³-hybridized carbons (Fsp3) is 0.300. The molecule has 5 heteroatoms. The molecule has 5 nitrogen and oxygen atoms in total. The zero-order chi connectivity index (χ0) is 18.1. The van der Waals surface area contributed by atoms with Crippen LogP contribution in [-0.4, -0.2) is 37.4 Å². The molecule has 0 aromatic heterocycles. The fourth-order valence-electron chi connectivity index (χ4n) is 2.06. The number of rotatable bonds is 8. The van der Waals surface area contributed by atoms with Crippen molar-refractivity contribution in [3.05, 3.63) is 71.8 Å². The number of carbonyl (C=O) groups is 2. The van der Waals surface area contributed by atoms with Gasteiger partial charge in [-0.2, -0.15) is 0 Å². The first-order valence-corrected chi connectivity index (χ1v) is 8.16. The lowest BCUT2D eigenvalue weighted by molar-refractivity contribution is -0.0379. The minimum Gasteiger partial charge on any atom is -0.459 e. The van der Waals surface area contributed by atoms with Crippen LogP contribution in [0.2, 0.25) is 0 Å². The van der Waals surface area contributed by atoms with Gasteiger partial charge in [0.05, 0.1) is 23.8 Å². The number of carbonyl (C=O) groups excluding carboxylic acids is 2. The number of ether oxygens (including phenoxy) is 3. The largest absolute Gasteiger partial charge is 0.459 e. The first-order valence-electron chi connectivity index (χ1n) is 8.16. The molecule has 132 valence electrons. The van der Waals surface area contributed by atoms with Crippen LogP contribution in [0.5, 0.6) is 0 Å². The van der Waals surface area contributed by atoms with Crippen molar-refractivity contribution in [1.82, 2.24) is 0 Å². The fourth-order valence-corrected chi connectivity index (χ4v) is 2.06. The maximum atomic E-state index is 11.9. The van der Waals surface area contributed by atoms with Gasteiger partial charge in [0.15, 0.2) is 0 Å². The summed E-state index contributed by atoms with van der Waals surface area (Å²) in [5, 5.41) is 0. The Morgan fingerprint density at radius 2 is 1.28 bits per heavy atom. The van der Waals surface area contributed by atoms with Crippen LogP contribution in [0.1, 0.15) is 34.6 Å². The summed E-state index contributed by atoms with van der Waals surface area (Å²) < 4.78 is 16.1. The van der Waals surface area contributed by atoms with Crippen LogP contribution in [0.25, 0.3) is 0 Å². The van der Waals surface area contributed by atoms with Crippen LogP contribution >= 0.6 is 0 Å². The molecule has 0 spiro atoms. The Bertz CT molecular complexity index is 669. The number of esters is 2. The molecule has 2 aromatic rings.